The van der Waals surface area contributed by atoms with Gasteiger partial charge in [-0.25, -0.2) is 0 Å². The van der Waals surface area contributed by atoms with Gasteiger partial charge in [0.2, 0.25) is 0 Å². The van der Waals surface area contributed by atoms with E-state index in [-0.39, 0.29) is 0 Å². The van der Waals surface area contributed by atoms with Gasteiger partial charge < -0.3 is 4.90 Å². The summed E-state index contributed by atoms with van der Waals surface area (Å²) in [5, 5.41) is 0. The van der Waals surface area contributed by atoms with Gasteiger partial charge in [-0.1, -0.05) is 74.6 Å². The zero-order valence-electron chi connectivity index (χ0n) is 13.9. The highest BCUT2D eigenvalue weighted by atomic mass is 15.1. The van der Waals surface area contributed by atoms with Crippen LogP contribution in [-0.2, 0) is 0 Å². The van der Waals surface area contributed by atoms with E-state index >= 15 is 0 Å². The molecule has 1 aromatic carbocycles. The fraction of sp³-hybridized carbons (Fsp3) is 0.619. The predicted molar refractivity (Wildman–Crippen MR) is 95.8 cm³/mol. The van der Waals surface area contributed by atoms with Gasteiger partial charge in [-0.15, -0.1) is 0 Å². The van der Waals surface area contributed by atoms with Gasteiger partial charge in [-0.05, 0) is 49.8 Å². The lowest BCUT2D eigenvalue weighted by Gasteiger charge is -2.33. The molecule has 120 valence electrons. The molecule has 1 unspecified atom stereocenters. The first-order chi connectivity index (χ1) is 10.9. The third-order valence-electron chi connectivity index (χ3n) is 5.48. The van der Waals surface area contributed by atoms with Crippen LogP contribution in [0.3, 0.4) is 0 Å². The van der Waals surface area contributed by atoms with E-state index in [4.69, 9.17) is 0 Å². The van der Waals surface area contributed by atoms with Gasteiger partial charge in [0, 0.05) is 6.54 Å². The summed E-state index contributed by atoms with van der Waals surface area (Å²) in [4.78, 5) is 2.72. The molecule has 1 heteroatoms. The average Bonchev–Trinajstić information content (AvgIpc) is 2.60. The Balaban J connectivity index is 1.43. The molecule has 0 N–H and O–H groups in total. The lowest BCUT2D eigenvalue weighted by atomic mass is 9.86. The molecule has 1 saturated carbocycles. The molecule has 1 heterocycles. The van der Waals surface area contributed by atoms with Crippen LogP contribution in [0.5, 0.6) is 0 Å². The fourth-order valence-corrected chi connectivity index (χ4v) is 4.10. The Morgan fingerprint density at radius 1 is 0.955 bits per heavy atom. The highest BCUT2D eigenvalue weighted by molar-refractivity contribution is 5.49. The Bertz CT molecular complexity index is 444. The molecule has 0 radical (unpaired) electrons. The van der Waals surface area contributed by atoms with E-state index < -0.39 is 0 Å². The molecule has 0 bridgehead atoms. The molecule has 1 saturated heterocycles. The third kappa shape index (κ3) is 4.98. The second kappa shape index (κ2) is 8.53. The van der Waals surface area contributed by atoms with Crippen molar-refractivity contribution in [2.75, 3.05) is 19.6 Å². The van der Waals surface area contributed by atoms with Gasteiger partial charge in [0.1, 0.15) is 0 Å². The van der Waals surface area contributed by atoms with E-state index in [1.165, 1.54) is 76.6 Å². The number of rotatable bonds is 5. The van der Waals surface area contributed by atoms with Crippen molar-refractivity contribution >= 4 is 6.08 Å². The van der Waals surface area contributed by atoms with E-state index in [0.29, 0.717) is 0 Å². The molecule has 1 aromatic rings. The van der Waals surface area contributed by atoms with E-state index in [1.807, 2.05) is 0 Å². The number of hydrogen-bond donors (Lipinski definition) is 0. The van der Waals surface area contributed by atoms with Crippen LogP contribution >= 0.6 is 0 Å². The first-order valence-electron chi connectivity index (χ1n) is 9.36. The molecule has 1 aliphatic heterocycles. The van der Waals surface area contributed by atoms with Crippen molar-refractivity contribution in [3.63, 3.8) is 0 Å². The number of piperidine rings is 1. The van der Waals surface area contributed by atoms with Crippen LogP contribution in [0, 0.1) is 11.8 Å². The second-order valence-electron chi connectivity index (χ2n) is 7.27. The van der Waals surface area contributed by atoms with Gasteiger partial charge in [-0.2, -0.15) is 0 Å². The van der Waals surface area contributed by atoms with Crippen LogP contribution in [0.15, 0.2) is 36.4 Å². The second-order valence-corrected chi connectivity index (χ2v) is 7.27. The van der Waals surface area contributed by atoms with Crippen LogP contribution in [0.2, 0.25) is 0 Å². The first-order valence-corrected chi connectivity index (χ1v) is 9.36. The Hall–Kier alpha value is -1.08. The largest absolute Gasteiger partial charge is 0.303 e. The minimum Gasteiger partial charge on any atom is -0.303 e. The minimum absolute atomic E-state index is 0.750. The van der Waals surface area contributed by atoms with E-state index in [9.17, 15) is 0 Å². The number of nitrogens with zero attached hydrogens (tertiary/aromatic N) is 1. The Labute approximate surface area is 136 Å². The van der Waals surface area contributed by atoms with E-state index in [2.05, 4.69) is 47.4 Å². The highest BCUT2D eigenvalue weighted by Crippen LogP contribution is 2.27. The topological polar surface area (TPSA) is 3.24 Å². The first kappa shape index (κ1) is 15.8. The maximum atomic E-state index is 2.72. The lowest BCUT2D eigenvalue weighted by Crippen LogP contribution is -2.36. The molecule has 3 rings (SSSR count). The third-order valence-corrected chi connectivity index (χ3v) is 5.48. The minimum atomic E-state index is 0.750. The summed E-state index contributed by atoms with van der Waals surface area (Å²) >= 11 is 0. The average molecular weight is 297 g/mol. The van der Waals surface area contributed by atoms with E-state index in [0.717, 1.165) is 11.8 Å². The quantitative estimate of drug-likeness (QED) is 0.705. The standard InChI is InChI=1S/C21H31N/c1-3-8-19(9-4-1)13-14-21-12-7-16-22(18-21)17-15-20-10-5-2-6-11-20/h1,3-4,8-9,13-14,20-21H,2,5-7,10-12,15-18H2/b14-13-. The molecule has 2 fully saturated rings. The zero-order valence-corrected chi connectivity index (χ0v) is 13.9. The van der Waals surface area contributed by atoms with Crippen molar-refractivity contribution in [3.05, 3.63) is 42.0 Å². The maximum Gasteiger partial charge on any atom is 0.00445 e. The van der Waals surface area contributed by atoms with Gasteiger partial charge in [-0.3, -0.25) is 0 Å². The van der Waals surface area contributed by atoms with Crippen LogP contribution in [0.25, 0.3) is 6.08 Å². The van der Waals surface area contributed by atoms with Gasteiger partial charge >= 0.3 is 0 Å². The predicted octanol–water partition coefficient (Wildman–Crippen LogP) is 5.38. The molecule has 0 amide bonds. The molecule has 1 aliphatic carbocycles. The number of hydrogen-bond acceptors (Lipinski definition) is 1. The molecule has 2 aliphatic rings. The SMILES string of the molecule is C(=C/C1CCCN(CCC2CCCCC2)C1)/c1ccccc1. The summed E-state index contributed by atoms with van der Waals surface area (Å²) in [5.74, 6) is 1.77. The molecule has 1 nitrogen and oxygen atoms in total. The summed E-state index contributed by atoms with van der Waals surface area (Å²) in [6.07, 6.45) is 16.4. The number of likely N-dealkylation sites (tertiary alicyclic amines) is 1. The van der Waals surface area contributed by atoms with Gasteiger partial charge in [0.25, 0.3) is 0 Å². The highest BCUT2D eigenvalue weighted by Gasteiger charge is 2.19. The molecular formula is C21H31N. The van der Waals surface area contributed by atoms with Crippen molar-refractivity contribution in [1.82, 2.24) is 4.90 Å². The van der Waals surface area contributed by atoms with Crippen molar-refractivity contribution in [1.29, 1.82) is 0 Å². The lowest BCUT2D eigenvalue weighted by molar-refractivity contribution is 0.176. The van der Waals surface area contributed by atoms with Crippen molar-refractivity contribution in [2.24, 2.45) is 11.8 Å². The van der Waals surface area contributed by atoms with Crippen molar-refractivity contribution in [2.45, 2.75) is 51.4 Å². The Morgan fingerprint density at radius 3 is 2.59 bits per heavy atom. The summed E-state index contributed by atoms with van der Waals surface area (Å²) < 4.78 is 0. The maximum absolute atomic E-state index is 2.72. The monoisotopic (exact) mass is 297 g/mol. The normalized spacial score (nSPS) is 24.8. The Morgan fingerprint density at radius 2 is 1.77 bits per heavy atom. The molecule has 0 aromatic heterocycles. The van der Waals surface area contributed by atoms with Gasteiger partial charge in [0.05, 0.1) is 0 Å². The van der Waals surface area contributed by atoms with Gasteiger partial charge in [0.15, 0.2) is 0 Å². The summed E-state index contributed by atoms with van der Waals surface area (Å²) in [6, 6.07) is 10.7. The molecule has 0 spiro atoms. The van der Waals surface area contributed by atoms with Crippen LogP contribution in [0.4, 0.5) is 0 Å². The number of benzene rings is 1. The Kier molecular flexibility index (Phi) is 6.12. The van der Waals surface area contributed by atoms with Crippen LogP contribution in [-0.4, -0.2) is 24.5 Å². The summed E-state index contributed by atoms with van der Waals surface area (Å²) in [7, 11) is 0. The van der Waals surface area contributed by atoms with Crippen molar-refractivity contribution in [3.8, 4) is 0 Å². The van der Waals surface area contributed by atoms with Crippen LogP contribution in [0.1, 0.15) is 56.9 Å². The summed E-state index contributed by atoms with van der Waals surface area (Å²) in [5.41, 5.74) is 1.34. The molecule has 1 atom stereocenters. The fourth-order valence-electron chi connectivity index (χ4n) is 4.10. The summed E-state index contributed by atoms with van der Waals surface area (Å²) in [6.45, 7) is 3.93. The van der Waals surface area contributed by atoms with Crippen molar-refractivity contribution < 1.29 is 0 Å². The molecule has 22 heavy (non-hydrogen) atoms. The molecular weight excluding hydrogens is 266 g/mol. The van der Waals surface area contributed by atoms with Crippen LogP contribution < -0.4 is 0 Å². The smallest absolute Gasteiger partial charge is 0.00445 e. The van der Waals surface area contributed by atoms with E-state index in [1.54, 1.807) is 0 Å². The zero-order chi connectivity index (χ0) is 15.0.